The first-order chi connectivity index (χ1) is 8.26. The zero-order valence-electron chi connectivity index (χ0n) is 11.1. The topological polar surface area (TPSA) is 12.0 Å². The standard InChI is InChI=1S/C15H25NS/c1-10(15-8-11-3-4-12(15)7-11)16-13-5-6-14(9-13)17-2/h3-4,10-16H,5-9H2,1-2H3. The first-order valence-electron chi connectivity index (χ1n) is 7.23. The minimum atomic E-state index is 0.723. The van der Waals surface area contributed by atoms with Crippen molar-refractivity contribution in [2.45, 2.75) is 56.4 Å². The fraction of sp³-hybridized carbons (Fsp3) is 0.867. The second kappa shape index (κ2) is 4.97. The van der Waals surface area contributed by atoms with Crippen molar-refractivity contribution >= 4 is 11.8 Å². The van der Waals surface area contributed by atoms with Crippen LogP contribution in [0.3, 0.4) is 0 Å². The lowest BCUT2D eigenvalue weighted by Gasteiger charge is -2.29. The summed E-state index contributed by atoms with van der Waals surface area (Å²) in [5.41, 5.74) is 0. The van der Waals surface area contributed by atoms with Gasteiger partial charge in [-0.05, 0) is 63.0 Å². The van der Waals surface area contributed by atoms with Gasteiger partial charge >= 0.3 is 0 Å². The lowest BCUT2D eigenvalue weighted by molar-refractivity contribution is 0.300. The van der Waals surface area contributed by atoms with Gasteiger partial charge in [0.25, 0.3) is 0 Å². The molecule has 0 spiro atoms. The van der Waals surface area contributed by atoms with Crippen LogP contribution in [0.1, 0.15) is 39.0 Å². The number of thioether (sulfide) groups is 1. The molecule has 1 nitrogen and oxygen atoms in total. The third-order valence-electron chi connectivity index (χ3n) is 5.19. The molecule has 2 heteroatoms. The van der Waals surface area contributed by atoms with E-state index in [-0.39, 0.29) is 0 Å². The van der Waals surface area contributed by atoms with Crippen LogP contribution >= 0.6 is 11.8 Å². The maximum absolute atomic E-state index is 3.92. The van der Waals surface area contributed by atoms with E-state index in [0.29, 0.717) is 0 Å². The molecule has 6 unspecified atom stereocenters. The highest BCUT2D eigenvalue weighted by atomic mass is 32.2. The zero-order chi connectivity index (χ0) is 11.8. The SMILES string of the molecule is CSC1CCC(NC(C)C2CC3C=CC2C3)C1. The highest BCUT2D eigenvalue weighted by Gasteiger charge is 2.39. The van der Waals surface area contributed by atoms with Crippen molar-refractivity contribution in [1.29, 1.82) is 0 Å². The smallest absolute Gasteiger partial charge is 0.00805 e. The molecule has 2 bridgehead atoms. The maximum atomic E-state index is 3.92. The molecule has 6 atom stereocenters. The molecule has 0 aliphatic heterocycles. The van der Waals surface area contributed by atoms with Crippen LogP contribution in [-0.2, 0) is 0 Å². The highest BCUT2D eigenvalue weighted by molar-refractivity contribution is 7.99. The molecule has 3 aliphatic rings. The molecule has 2 saturated carbocycles. The van der Waals surface area contributed by atoms with Gasteiger partial charge in [-0.1, -0.05) is 12.2 Å². The third kappa shape index (κ3) is 2.44. The fourth-order valence-corrected chi connectivity index (χ4v) is 5.00. The first kappa shape index (κ1) is 12.1. The van der Waals surface area contributed by atoms with E-state index in [9.17, 15) is 0 Å². The molecule has 0 aromatic rings. The Balaban J connectivity index is 1.51. The van der Waals surface area contributed by atoms with Gasteiger partial charge in [-0.25, -0.2) is 0 Å². The van der Waals surface area contributed by atoms with Crippen LogP contribution in [0.4, 0.5) is 0 Å². The van der Waals surface area contributed by atoms with E-state index in [2.05, 4.69) is 42.4 Å². The van der Waals surface area contributed by atoms with Gasteiger partial charge in [-0.15, -0.1) is 0 Å². The fourth-order valence-electron chi connectivity index (χ4n) is 4.20. The van der Waals surface area contributed by atoms with Gasteiger partial charge in [0.15, 0.2) is 0 Å². The predicted molar refractivity (Wildman–Crippen MR) is 76.4 cm³/mol. The summed E-state index contributed by atoms with van der Waals surface area (Å²) in [7, 11) is 0. The largest absolute Gasteiger partial charge is 0.311 e. The van der Waals surface area contributed by atoms with Gasteiger partial charge in [0, 0.05) is 17.3 Å². The Labute approximate surface area is 110 Å². The average Bonchev–Trinajstić information content (AvgIpc) is 3.04. The average molecular weight is 251 g/mol. The summed E-state index contributed by atoms with van der Waals surface area (Å²) < 4.78 is 0. The summed E-state index contributed by atoms with van der Waals surface area (Å²) in [5.74, 6) is 2.72. The molecule has 96 valence electrons. The normalized spacial score (nSPS) is 45.6. The van der Waals surface area contributed by atoms with Crippen LogP contribution in [0.5, 0.6) is 0 Å². The van der Waals surface area contributed by atoms with Gasteiger partial charge in [0.05, 0.1) is 0 Å². The molecule has 0 aromatic heterocycles. The van der Waals surface area contributed by atoms with Gasteiger partial charge in [0.2, 0.25) is 0 Å². The monoisotopic (exact) mass is 251 g/mol. The Morgan fingerprint density at radius 3 is 2.65 bits per heavy atom. The minimum Gasteiger partial charge on any atom is -0.311 e. The van der Waals surface area contributed by atoms with Crippen molar-refractivity contribution in [2.75, 3.05) is 6.26 Å². The predicted octanol–water partition coefficient (Wildman–Crippen LogP) is 3.46. The molecule has 1 N–H and O–H groups in total. The molecule has 3 aliphatic carbocycles. The van der Waals surface area contributed by atoms with Crippen molar-refractivity contribution in [3.8, 4) is 0 Å². The number of allylic oxidation sites excluding steroid dienone is 2. The zero-order valence-corrected chi connectivity index (χ0v) is 11.9. The Morgan fingerprint density at radius 2 is 2.06 bits per heavy atom. The van der Waals surface area contributed by atoms with Crippen molar-refractivity contribution in [3.63, 3.8) is 0 Å². The van der Waals surface area contributed by atoms with E-state index >= 15 is 0 Å². The molecule has 0 amide bonds. The Bertz CT molecular complexity index is 301. The Hall–Kier alpha value is 0.0500. The van der Waals surface area contributed by atoms with Crippen LogP contribution in [0.25, 0.3) is 0 Å². The summed E-state index contributed by atoms with van der Waals surface area (Å²) in [4.78, 5) is 0. The molecule has 17 heavy (non-hydrogen) atoms. The summed E-state index contributed by atoms with van der Waals surface area (Å²) in [6.45, 7) is 2.42. The Kier molecular flexibility index (Phi) is 3.54. The van der Waals surface area contributed by atoms with E-state index in [4.69, 9.17) is 0 Å². The first-order valence-corrected chi connectivity index (χ1v) is 8.52. The molecule has 0 aromatic carbocycles. The third-order valence-corrected chi connectivity index (χ3v) is 6.28. The van der Waals surface area contributed by atoms with Gasteiger partial charge in [-0.2, -0.15) is 11.8 Å². The highest BCUT2D eigenvalue weighted by Crippen LogP contribution is 2.45. The van der Waals surface area contributed by atoms with Crippen LogP contribution in [0.15, 0.2) is 12.2 Å². The van der Waals surface area contributed by atoms with Crippen LogP contribution in [-0.4, -0.2) is 23.6 Å². The lowest BCUT2D eigenvalue weighted by atomic mass is 9.87. The van der Waals surface area contributed by atoms with Crippen LogP contribution in [0.2, 0.25) is 0 Å². The van der Waals surface area contributed by atoms with Gasteiger partial charge in [0.1, 0.15) is 0 Å². The molecular formula is C15H25NS. The molecule has 0 radical (unpaired) electrons. The van der Waals surface area contributed by atoms with Crippen molar-refractivity contribution in [1.82, 2.24) is 5.32 Å². The van der Waals surface area contributed by atoms with E-state index in [0.717, 1.165) is 35.1 Å². The van der Waals surface area contributed by atoms with E-state index < -0.39 is 0 Å². The van der Waals surface area contributed by atoms with E-state index in [1.54, 1.807) is 0 Å². The number of hydrogen-bond acceptors (Lipinski definition) is 2. The second-order valence-corrected chi connectivity index (χ2v) is 7.41. The van der Waals surface area contributed by atoms with E-state index in [1.807, 2.05) is 0 Å². The Morgan fingerprint density at radius 1 is 1.18 bits per heavy atom. The second-order valence-electron chi connectivity index (χ2n) is 6.27. The lowest BCUT2D eigenvalue weighted by Crippen LogP contribution is -2.41. The van der Waals surface area contributed by atoms with Crippen molar-refractivity contribution in [2.24, 2.45) is 17.8 Å². The summed E-state index contributed by atoms with van der Waals surface area (Å²) in [6.07, 6.45) is 14.3. The molecule has 3 rings (SSSR count). The summed E-state index contributed by atoms with van der Waals surface area (Å²) in [5, 5.41) is 4.84. The number of fused-ring (bicyclic) bond motifs is 2. The quantitative estimate of drug-likeness (QED) is 0.768. The maximum Gasteiger partial charge on any atom is 0.00805 e. The molecular weight excluding hydrogens is 226 g/mol. The molecule has 0 heterocycles. The summed E-state index contributed by atoms with van der Waals surface area (Å²) >= 11 is 2.06. The molecule has 2 fully saturated rings. The van der Waals surface area contributed by atoms with Crippen LogP contribution in [0, 0.1) is 17.8 Å². The van der Waals surface area contributed by atoms with Crippen LogP contribution < -0.4 is 5.32 Å². The van der Waals surface area contributed by atoms with E-state index in [1.165, 1.54) is 32.1 Å². The number of nitrogens with one attached hydrogen (secondary N) is 1. The van der Waals surface area contributed by atoms with Gasteiger partial charge < -0.3 is 5.32 Å². The van der Waals surface area contributed by atoms with Crippen molar-refractivity contribution < 1.29 is 0 Å². The molecule has 0 saturated heterocycles. The van der Waals surface area contributed by atoms with Crippen molar-refractivity contribution in [3.05, 3.63) is 12.2 Å². The van der Waals surface area contributed by atoms with Gasteiger partial charge in [-0.3, -0.25) is 0 Å². The minimum absolute atomic E-state index is 0.723. The summed E-state index contributed by atoms with van der Waals surface area (Å²) in [6, 6.07) is 1.52. The number of hydrogen-bond donors (Lipinski definition) is 1. The number of rotatable bonds is 4.